The fourth-order valence-electron chi connectivity index (χ4n) is 1.73. The summed E-state index contributed by atoms with van der Waals surface area (Å²) in [6.07, 6.45) is 1.36. The number of rotatable bonds is 3. The fraction of sp³-hybridized carbons (Fsp3) is 0.143. The van der Waals surface area contributed by atoms with Crippen molar-refractivity contribution < 1.29 is 14.6 Å². The van der Waals surface area contributed by atoms with Gasteiger partial charge in [-0.05, 0) is 42.8 Å². The molecule has 4 heteroatoms. The molecule has 2 rings (SSSR count). The van der Waals surface area contributed by atoms with Crippen LogP contribution >= 0.6 is 0 Å². The predicted octanol–water partition coefficient (Wildman–Crippen LogP) is 2.76. The largest absolute Gasteiger partial charge is 0.496 e. The summed E-state index contributed by atoms with van der Waals surface area (Å²) in [6, 6.07) is 8.97. The molecule has 0 aliphatic rings. The van der Waals surface area contributed by atoms with E-state index in [4.69, 9.17) is 9.84 Å². The topological polar surface area (TPSA) is 59.4 Å². The number of hydrogen-bond acceptors (Lipinski definition) is 3. The first-order valence-electron chi connectivity index (χ1n) is 5.46. The number of pyridine rings is 1. The lowest BCUT2D eigenvalue weighted by atomic mass is 10.1. The summed E-state index contributed by atoms with van der Waals surface area (Å²) in [7, 11) is 1.63. The van der Waals surface area contributed by atoms with Crippen molar-refractivity contribution in [2.75, 3.05) is 7.11 Å². The number of carbonyl (C=O) groups is 1. The highest BCUT2D eigenvalue weighted by Gasteiger charge is 2.06. The maximum absolute atomic E-state index is 10.7. The summed E-state index contributed by atoms with van der Waals surface area (Å²) in [6.45, 7) is 1.95. The van der Waals surface area contributed by atoms with E-state index in [2.05, 4.69) is 4.98 Å². The van der Waals surface area contributed by atoms with E-state index in [1.807, 2.05) is 25.1 Å². The van der Waals surface area contributed by atoms with E-state index < -0.39 is 5.97 Å². The van der Waals surface area contributed by atoms with Crippen LogP contribution in [0.25, 0.3) is 11.3 Å². The molecule has 0 atom stereocenters. The second kappa shape index (κ2) is 4.87. The molecule has 0 saturated carbocycles. The summed E-state index contributed by atoms with van der Waals surface area (Å²) in [5.74, 6) is -0.152. The minimum atomic E-state index is -0.972. The van der Waals surface area contributed by atoms with Crippen LogP contribution in [0.5, 0.6) is 5.75 Å². The van der Waals surface area contributed by atoms with Crippen molar-refractivity contribution in [3.05, 3.63) is 47.7 Å². The Morgan fingerprint density at radius 1 is 1.28 bits per heavy atom. The maximum Gasteiger partial charge on any atom is 0.337 e. The molecule has 0 spiro atoms. The number of carboxylic acid groups (broad SMARTS) is 1. The van der Waals surface area contributed by atoms with Crippen LogP contribution in [0, 0.1) is 6.92 Å². The number of aromatic carboxylic acids is 1. The molecule has 18 heavy (non-hydrogen) atoms. The van der Waals surface area contributed by atoms with Crippen LogP contribution in [0.4, 0.5) is 0 Å². The molecule has 0 bridgehead atoms. The van der Waals surface area contributed by atoms with Gasteiger partial charge in [0.1, 0.15) is 5.75 Å². The zero-order chi connectivity index (χ0) is 13.1. The summed E-state index contributed by atoms with van der Waals surface area (Å²) in [5.41, 5.74) is 2.87. The number of hydrogen-bond donors (Lipinski definition) is 1. The van der Waals surface area contributed by atoms with Crippen molar-refractivity contribution in [2.45, 2.75) is 6.92 Å². The molecule has 2 aromatic rings. The van der Waals surface area contributed by atoms with Gasteiger partial charge in [0.25, 0.3) is 0 Å². The van der Waals surface area contributed by atoms with E-state index in [9.17, 15) is 4.79 Å². The van der Waals surface area contributed by atoms with E-state index in [1.54, 1.807) is 19.2 Å². The molecular formula is C14H13NO3. The molecule has 0 aliphatic carbocycles. The second-order valence-electron chi connectivity index (χ2n) is 3.92. The average Bonchev–Trinajstić information content (AvgIpc) is 2.38. The zero-order valence-electron chi connectivity index (χ0n) is 10.2. The molecule has 0 fully saturated rings. The molecule has 4 nitrogen and oxygen atoms in total. The third kappa shape index (κ3) is 2.32. The molecule has 92 valence electrons. The molecular weight excluding hydrogens is 230 g/mol. The first kappa shape index (κ1) is 12.1. The second-order valence-corrected chi connectivity index (χ2v) is 3.92. The van der Waals surface area contributed by atoms with Crippen LogP contribution in [0.1, 0.15) is 15.9 Å². The lowest BCUT2D eigenvalue weighted by Gasteiger charge is -2.07. The highest BCUT2D eigenvalue weighted by Crippen LogP contribution is 2.24. The first-order valence-corrected chi connectivity index (χ1v) is 5.46. The highest BCUT2D eigenvalue weighted by atomic mass is 16.5. The molecule has 1 N–H and O–H groups in total. The molecule has 0 saturated heterocycles. The maximum atomic E-state index is 10.7. The van der Waals surface area contributed by atoms with Crippen molar-refractivity contribution in [1.82, 2.24) is 4.98 Å². The summed E-state index contributed by atoms with van der Waals surface area (Å²) < 4.78 is 5.19. The number of benzene rings is 1. The standard InChI is InChI=1S/C14H13NO3/c1-9-7-10(4-6-13(9)18-2)12-5-3-11(8-15-12)14(16)17/h3-8H,1-2H3,(H,16,17). The van der Waals surface area contributed by atoms with Crippen molar-refractivity contribution in [2.24, 2.45) is 0 Å². The van der Waals surface area contributed by atoms with E-state index in [0.717, 1.165) is 22.6 Å². The molecule has 0 amide bonds. The normalized spacial score (nSPS) is 10.1. The monoisotopic (exact) mass is 243 g/mol. The fourth-order valence-corrected chi connectivity index (χ4v) is 1.73. The van der Waals surface area contributed by atoms with Crippen LogP contribution < -0.4 is 4.74 Å². The van der Waals surface area contributed by atoms with Gasteiger partial charge in [-0.2, -0.15) is 0 Å². The lowest BCUT2D eigenvalue weighted by molar-refractivity contribution is 0.0696. The number of aryl methyl sites for hydroxylation is 1. The van der Waals surface area contributed by atoms with Crippen molar-refractivity contribution in [3.8, 4) is 17.0 Å². The van der Waals surface area contributed by atoms with Gasteiger partial charge in [0.15, 0.2) is 0 Å². The molecule has 0 radical (unpaired) electrons. The van der Waals surface area contributed by atoms with Gasteiger partial charge in [0.05, 0.1) is 18.4 Å². The molecule has 1 heterocycles. The average molecular weight is 243 g/mol. The Labute approximate surface area is 105 Å². The van der Waals surface area contributed by atoms with Gasteiger partial charge < -0.3 is 9.84 Å². The third-order valence-corrected chi connectivity index (χ3v) is 2.70. The zero-order valence-corrected chi connectivity index (χ0v) is 10.2. The summed E-state index contributed by atoms with van der Waals surface area (Å²) in [5, 5.41) is 8.80. The summed E-state index contributed by atoms with van der Waals surface area (Å²) in [4.78, 5) is 14.9. The van der Waals surface area contributed by atoms with E-state index in [-0.39, 0.29) is 5.56 Å². The van der Waals surface area contributed by atoms with E-state index >= 15 is 0 Å². The molecule has 1 aromatic heterocycles. The molecule has 0 aliphatic heterocycles. The molecule has 0 unspecified atom stereocenters. The lowest BCUT2D eigenvalue weighted by Crippen LogP contribution is -1.97. The number of aromatic nitrogens is 1. The minimum Gasteiger partial charge on any atom is -0.496 e. The van der Waals surface area contributed by atoms with Crippen LogP contribution in [0.2, 0.25) is 0 Å². The van der Waals surface area contributed by atoms with E-state index in [0.29, 0.717) is 0 Å². The van der Waals surface area contributed by atoms with Crippen molar-refractivity contribution >= 4 is 5.97 Å². The Kier molecular flexibility index (Phi) is 3.28. The van der Waals surface area contributed by atoms with Gasteiger partial charge >= 0.3 is 5.97 Å². The van der Waals surface area contributed by atoms with Crippen LogP contribution in [0.3, 0.4) is 0 Å². The predicted molar refractivity (Wildman–Crippen MR) is 67.9 cm³/mol. The number of carboxylic acids is 1. The Balaban J connectivity index is 2.36. The number of nitrogens with zero attached hydrogens (tertiary/aromatic N) is 1. The smallest absolute Gasteiger partial charge is 0.337 e. The van der Waals surface area contributed by atoms with Crippen LogP contribution in [-0.4, -0.2) is 23.2 Å². The number of methoxy groups -OCH3 is 1. The SMILES string of the molecule is COc1ccc(-c2ccc(C(=O)O)cn2)cc1C. The summed E-state index contributed by atoms with van der Waals surface area (Å²) >= 11 is 0. The Morgan fingerprint density at radius 2 is 2.06 bits per heavy atom. The van der Waals surface area contributed by atoms with Gasteiger partial charge in [-0.25, -0.2) is 4.79 Å². The van der Waals surface area contributed by atoms with Gasteiger partial charge in [0, 0.05) is 11.8 Å². The first-order chi connectivity index (χ1) is 8.61. The van der Waals surface area contributed by atoms with Crippen molar-refractivity contribution in [1.29, 1.82) is 0 Å². The van der Waals surface area contributed by atoms with Crippen molar-refractivity contribution in [3.63, 3.8) is 0 Å². The highest BCUT2D eigenvalue weighted by molar-refractivity contribution is 5.87. The van der Waals surface area contributed by atoms with Crippen LogP contribution in [-0.2, 0) is 0 Å². The van der Waals surface area contributed by atoms with Crippen LogP contribution in [0.15, 0.2) is 36.5 Å². The third-order valence-electron chi connectivity index (χ3n) is 2.70. The van der Waals surface area contributed by atoms with Gasteiger partial charge in [-0.1, -0.05) is 0 Å². The van der Waals surface area contributed by atoms with Gasteiger partial charge in [-0.15, -0.1) is 0 Å². The quantitative estimate of drug-likeness (QED) is 0.900. The molecule has 1 aromatic carbocycles. The number of ether oxygens (including phenoxy) is 1. The minimum absolute atomic E-state index is 0.184. The van der Waals surface area contributed by atoms with Gasteiger partial charge in [-0.3, -0.25) is 4.98 Å². The Morgan fingerprint density at radius 3 is 2.56 bits per heavy atom. The van der Waals surface area contributed by atoms with E-state index in [1.165, 1.54) is 6.20 Å². The van der Waals surface area contributed by atoms with Gasteiger partial charge in [0.2, 0.25) is 0 Å². The Hall–Kier alpha value is -2.36. The Bertz CT molecular complexity index is 576.